The van der Waals surface area contributed by atoms with Crippen LogP contribution in [-0.4, -0.2) is 37.0 Å². The summed E-state index contributed by atoms with van der Waals surface area (Å²) in [6, 6.07) is 0. The van der Waals surface area contributed by atoms with Crippen LogP contribution in [0.3, 0.4) is 0 Å². The van der Waals surface area contributed by atoms with Crippen molar-refractivity contribution in [1.29, 1.82) is 0 Å². The fraction of sp³-hybridized carbons (Fsp3) is 0.909. The van der Waals surface area contributed by atoms with Crippen molar-refractivity contribution in [3.8, 4) is 0 Å². The molecule has 0 aromatic carbocycles. The van der Waals surface area contributed by atoms with Crippen LogP contribution in [0.4, 0.5) is 0 Å². The summed E-state index contributed by atoms with van der Waals surface area (Å²) in [7, 11) is 0. The number of nitrogens with one attached hydrogen (secondary N) is 1. The molecule has 0 aliphatic carbocycles. The van der Waals surface area contributed by atoms with Crippen molar-refractivity contribution in [1.82, 2.24) is 10.2 Å². The van der Waals surface area contributed by atoms with E-state index in [-0.39, 0.29) is 5.92 Å². The second-order valence-electron chi connectivity index (χ2n) is 4.43. The van der Waals surface area contributed by atoms with Gasteiger partial charge in [0, 0.05) is 19.6 Å². The van der Waals surface area contributed by atoms with Crippen LogP contribution >= 0.6 is 0 Å². The minimum Gasteiger partial charge on any atom is -0.342 e. The molecule has 1 amide bonds. The molecule has 80 valence electrons. The Balaban J connectivity index is 1.88. The van der Waals surface area contributed by atoms with Crippen LogP contribution in [0.2, 0.25) is 0 Å². The Labute approximate surface area is 85.8 Å². The lowest BCUT2D eigenvalue weighted by atomic mass is 10.1. The standard InChI is InChI=1S/C11H20N2O/c14-11(10-5-6-12-9-10)13-7-3-1-2-4-8-13/h10,12H,1-9H2/t10-/m0/s1. The highest BCUT2D eigenvalue weighted by atomic mass is 16.2. The zero-order valence-electron chi connectivity index (χ0n) is 8.80. The van der Waals surface area contributed by atoms with Crippen molar-refractivity contribution in [3.05, 3.63) is 0 Å². The van der Waals surface area contributed by atoms with Crippen LogP contribution in [0, 0.1) is 5.92 Å². The molecule has 14 heavy (non-hydrogen) atoms. The molecule has 2 heterocycles. The van der Waals surface area contributed by atoms with Gasteiger partial charge >= 0.3 is 0 Å². The van der Waals surface area contributed by atoms with Gasteiger partial charge in [0.25, 0.3) is 0 Å². The highest BCUT2D eigenvalue weighted by molar-refractivity contribution is 5.79. The summed E-state index contributed by atoms with van der Waals surface area (Å²) >= 11 is 0. The molecule has 0 spiro atoms. The summed E-state index contributed by atoms with van der Waals surface area (Å²) in [5, 5.41) is 3.26. The predicted molar refractivity (Wildman–Crippen MR) is 56.0 cm³/mol. The number of carbonyl (C=O) groups excluding carboxylic acids is 1. The summed E-state index contributed by atoms with van der Waals surface area (Å²) in [6.07, 6.45) is 6.03. The molecular weight excluding hydrogens is 176 g/mol. The fourth-order valence-corrected chi connectivity index (χ4v) is 2.41. The van der Waals surface area contributed by atoms with Crippen LogP contribution in [0.5, 0.6) is 0 Å². The minimum absolute atomic E-state index is 0.271. The second-order valence-corrected chi connectivity index (χ2v) is 4.43. The number of hydrogen-bond acceptors (Lipinski definition) is 2. The van der Waals surface area contributed by atoms with E-state index in [0.717, 1.165) is 32.6 Å². The lowest BCUT2D eigenvalue weighted by molar-refractivity contribution is -0.134. The van der Waals surface area contributed by atoms with E-state index in [1.807, 2.05) is 0 Å². The first-order chi connectivity index (χ1) is 6.88. The van der Waals surface area contributed by atoms with Crippen LogP contribution in [-0.2, 0) is 4.79 Å². The molecule has 0 aromatic heterocycles. The number of amides is 1. The minimum atomic E-state index is 0.271. The molecule has 0 unspecified atom stereocenters. The normalized spacial score (nSPS) is 28.9. The Morgan fingerprint density at radius 1 is 1.14 bits per heavy atom. The molecule has 1 atom stereocenters. The molecule has 3 heteroatoms. The third-order valence-corrected chi connectivity index (χ3v) is 3.33. The van der Waals surface area contributed by atoms with Gasteiger partial charge in [-0.25, -0.2) is 0 Å². The first kappa shape index (κ1) is 9.97. The Morgan fingerprint density at radius 2 is 1.86 bits per heavy atom. The molecule has 1 N–H and O–H groups in total. The molecule has 3 nitrogen and oxygen atoms in total. The molecule has 2 aliphatic rings. The number of rotatable bonds is 1. The zero-order valence-corrected chi connectivity index (χ0v) is 8.80. The average molecular weight is 196 g/mol. The first-order valence-electron chi connectivity index (χ1n) is 5.87. The fourth-order valence-electron chi connectivity index (χ4n) is 2.41. The van der Waals surface area contributed by atoms with E-state index >= 15 is 0 Å². The second kappa shape index (κ2) is 4.78. The molecular formula is C11H20N2O. The summed E-state index contributed by atoms with van der Waals surface area (Å²) in [5.41, 5.74) is 0. The van der Waals surface area contributed by atoms with Gasteiger partial charge in [0.15, 0.2) is 0 Å². The van der Waals surface area contributed by atoms with E-state index in [2.05, 4.69) is 10.2 Å². The van der Waals surface area contributed by atoms with Gasteiger partial charge < -0.3 is 10.2 Å². The summed E-state index contributed by atoms with van der Waals surface area (Å²) in [5.74, 6) is 0.671. The van der Waals surface area contributed by atoms with E-state index in [9.17, 15) is 4.79 Å². The SMILES string of the molecule is O=C([C@H]1CCNC1)N1CCCCCC1. The van der Waals surface area contributed by atoms with Gasteiger partial charge in [-0.3, -0.25) is 4.79 Å². The Kier molecular flexibility index (Phi) is 3.40. The maximum absolute atomic E-state index is 12.0. The van der Waals surface area contributed by atoms with Crippen molar-refractivity contribution < 1.29 is 4.79 Å². The van der Waals surface area contributed by atoms with Crippen LogP contribution in [0.15, 0.2) is 0 Å². The van der Waals surface area contributed by atoms with Gasteiger partial charge in [0.05, 0.1) is 5.92 Å². The number of hydrogen-bond donors (Lipinski definition) is 1. The van der Waals surface area contributed by atoms with Gasteiger partial charge in [-0.05, 0) is 25.8 Å². The van der Waals surface area contributed by atoms with Crippen molar-refractivity contribution in [3.63, 3.8) is 0 Å². The molecule has 0 bridgehead atoms. The topological polar surface area (TPSA) is 32.3 Å². The molecule has 2 fully saturated rings. The molecule has 0 radical (unpaired) electrons. The van der Waals surface area contributed by atoms with Gasteiger partial charge in [-0.1, -0.05) is 12.8 Å². The van der Waals surface area contributed by atoms with Gasteiger partial charge in [-0.15, -0.1) is 0 Å². The zero-order chi connectivity index (χ0) is 9.80. The highest BCUT2D eigenvalue weighted by Gasteiger charge is 2.27. The third-order valence-electron chi connectivity index (χ3n) is 3.33. The van der Waals surface area contributed by atoms with Crippen molar-refractivity contribution in [2.75, 3.05) is 26.2 Å². The predicted octanol–water partition coefficient (Wildman–Crippen LogP) is 0.998. The van der Waals surface area contributed by atoms with E-state index in [1.165, 1.54) is 25.7 Å². The van der Waals surface area contributed by atoms with Crippen LogP contribution in [0.1, 0.15) is 32.1 Å². The molecule has 0 saturated carbocycles. The van der Waals surface area contributed by atoms with Crippen molar-refractivity contribution >= 4 is 5.91 Å². The number of likely N-dealkylation sites (tertiary alicyclic amines) is 1. The smallest absolute Gasteiger partial charge is 0.227 e. The van der Waals surface area contributed by atoms with Crippen molar-refractivity contribution in [2.45, 2.75) is 32.1 Å². The Morgan fingerprint density at radius 3 is 2.43 bits per heavy atom. The quantitative estimate of drug-likeness (QED) is 0.678. The van der Waals surface area contributed by atoms with Crippen LogP contribution in [0.25, 0.3) is 0 Å². The van der Waals surface area contributed by atoms with E-state index in [1.54, 1.807) is 0 Å². The lowest BCUT2D eigenvalue weighted by Gasteiger charge is -2.23. The third kappa shape index (κ3) is 2.27. The maximum Gasteiger partial charge on any atom is 0.227 e. The van der Waals surface area contributed by atoms with Crippen molar-refractivity contribution in [2.24, 2.45) is 5.92 Å². The van der Waals surface area contributed by atoms with E-state index in [4.69, 9.17) is 0 Å². The average Bonchev–Trinajstić information content (AvgIpc) is 2.59. The molecule has 2 rings (SSSR count). The first-order valence-corrected chi connectivity index (χ1v) is 5.87. The lowest BCUT2D eigenvalue weighted by Crippen LogP contribution is -2.37. The summed E-state index contributed by atoms with van der Waals surface area (Å²) in [4.78, 5) is 14.1. The molecule has 2 saturated heterocycles. The summed E-state index contributed by atoms with van der Waals surface area (Å²) < 4.78 is 0. The molecule has 2 aliphatic heterocycles. The van der Waals surface area contributed by atoms with Gasteiger partial charge in [0.2, 0.25) is 5.91 Å². The van der Waals surface area contributed by atoms with Gasteiger partial charge in [0.1, 0.15) is 0 Å². The summed E-state index contributed by atoms with van der Waals surface area (Å²) in [6.45, 7) is 3.91. The largest absolute Gasteiger partial charge is 0.342 e. The highest BCUT2D eigenvalue weighted by Crippen LogP contribution is 2.16. The number of carbonyl (C=O) groups is 1. The number of nitrogens with zero attached hydrogens (tertiary/aromatic N) is 1. The maximum atomic E-state index is 12.0. The van der Waals surface area contributed by atoms with Gasteiger partial charge in [-0.2, -0.15) is 0 Å². The van der Waals surface area contributed by atoms with E-state index < -0.39 is 0 Å². The Bertz CT molecular complexity index is 191. The monoisotopic (exact) mass is 196 g/mol. The Hall–Kier alpha value is -0.570. The van der Waals surface area contributed by atoms with E-state index in [0.29, 0.717) is 5.91 Å². The molecule has 0 aromatic rings. The van der Waals surface area contributed by atoms with Crippen LogP contribution < -0.4 is 5.32 Å².